The fourth-order valence-electron chi connectivity index (χ4n) is 2.93. The molecule has 7 nitrogen and oxygen atoms in total. The number of hydrogen-bond acceptors (Lipinski definition) is 3. The zero-order chi connectivity index (χ0) is 18.3. The van der Waals surface area contributed by atoms with Crippen molar-refractivity contribution in [2.75, 3.05) is 40.3 Å². The molecular weight excluding hydrogens is 433 g/mol. The third-order valence-corrected chi connectivity index (χ3v) is 3.89. The van der Waals surface area contributed by atoms with E-state index < -0.39 is 0 Å². The minimum Gasteiger partial charge on any atom is -0.352 e. The largest absolute Gasteiger partial charge is 0.352 e. The molecule has 2 N–H and O–H groups in total. The summed E-state index contributed by atoms with van der Waals surface area (Å²) in [6, 6.07) is 0.0921. The zero-order valence-corrected chi connectivity index (χ0v) is 18.7. The van der Waals surface area contributed by atoms with Crippen molar-refractivity contribution in [1.82, 2.24) is 20.4 Å². The molecule has 0 spiro atoms. The Hall–Kier alpha value is -1.06. The molecule has 2 amide bonds. The van der Waals surface area contributed by atoms with Gasteiger partial charge >= 0.3 is 0 Å². The number of nitrogens with one attached hydrogen (secondary N) is 2. The average molecular weight is 467 g/mol. The van der Waals surface area contributed by atoms with Gasteiger partial charge in [0, 0.05) is 33.2 Å². The molecule has 1 aliphatic rings. The van der Waals surface area contributed by atoms with Gasteiger partial charge in [0.1, 0.15) is 6.54 Å². The molecular formula is C17H34IN5O2. The van der Waals surface area contributed by atoms with Crippen LogP contribution in [0.3, 0.4) is 0 Å². The second-order valence-corrected chi connectivity index (χ2v) is 7.35. The van der Waals surface area contributed by atoms with Gasteiger partial charge in [-0.3, -0.25) is 9.59 Å². The van der Waals surface area contributed by atoms with Gasteiger partial charge in [0.05, 0.1) is 6.54 Å². The molecule has 1 heterocycles. The fraction of sp³-hybridized carbons (Fsp3) is 0.824. The van der Waals surface area contributed by atoms with E-state index in [-0.39, 0.29) is 54.9 Å². The van der Waals surface area contributed by atoms with Crippen LogP contribution in [0.1, 0.15) is 34.1 Å². The van der Waals surface area contributed by atoms with Crippen LogP contribution in [0.4, 0.5) is 0 Å². The summed E-state index contributed by atoms with van der Waals surface area (Å²) in [6.07, 6.45) is 1.19. The minimum atomic E-state index is -0.110. The number of piperidine rings is 1. The molecule has 0 aromatic heterocycles. The summed E-state index contributed by atoms with van der Waals surface area (Å²) in [7, 11) is 3.45. The number of likely N-dealkylation sites (tertiary alicyclic amines) is 1. The molecule has 0 bridgehead atoms. The number of nitrogens with zero attached hydrogens (tertiary/aromatic N) is 3. The molecule has 0 aromatic rings. The van der Waals surface area contributed by atoms with Gasteiger partial charge in [0.25, 0.3) is 0 Å². The SMILES string of the molecule is CC1CC(C)CN(C(=NCC(=O)NC(C)C)NCC(=O)N(C)C)C1.I. The van der Waals surface area contributed by atoms with Crippen LogP contribution in [0, 0.1) is 11.8 Å². The van der Waals surface area contributed by atoms with Crippen LogP contribution >= 0.6 is 24.0 Å². The Balaban J connectivity index is 0.00000576. The Morgan fingerprint density at radius 1 is 1.20 bits per heavy atom. The number of likely N-dealkylation sites (N-methyl/N-ethyl adjacent to an activating group) is 1. The van der Waals surface area contributed by atoms with Gasteiger partial charge < -0.3 is 20.4 Å². The Bertz CT molecular complexity index is 458. The molecule has 0 saturated carbocycles. The highest BCUT2D eigenvalue weighted by Gasteiger charge is 2.24. The van der Waals surface area contributed by atoms with Gasteiger partial charge in [-0.15, -0.1) is 24.0 Å². The van der Waals surface area contributed by atoms with Crippen molar-refractivity contribution < 1.29 is 9.59 Å². The monoisotopic (exact) mass is 467 g/mol. The van der Waals surface area contributed by atoms with Crippen molar-refractivity contribution in [1.29, 1.82) is 0 Å². The Morgan fingerprint density at radius 3 is 2.24 bits per heavy atom. The van der Waals surface area contributed by atoms with E-state index in [0.717, 1.165) is 13.1 Å². The summed E-state index contributed by atoms with van der Waals surface area (Å²) in [6.45, 7) is 10.3. The number of amides is 2. The van der Waals surface area contributed by atoms with Gasteiger partial charge in [0.15, 0.2) is 5.96 Å². The molecule has 1 aliphatic heterocycles. The number of rotatable bonds is 5. The van der Waals surface area contributed by atoms with Crippen molar-refractivity contribution in [3.8, 4) is 0 Å². The van der Waals surface area contributed by atoms with E-state index >= 15 is 0 Å². The molecule has 0 aliphatic carbocycles. The van der Waals surface area contributed by atoms with Crippen molar-refractivity contribution in [2.24, 2.45) is 16.8 Å². The van der Waals surface area contributed by atoms with Crippen LogP contribution in [0.15, 0.2) is 4.99 Å². The number of carbonyl (C=O) groups is 2. The summed E-state index contributed by atoms with van der Waals surface area (Å²) < 4.78 is 0. The number of carbonyl (C=O) groups excluding carboxylic acids is 2. The lowest BCUT2D eigenvalue weighted by molar-refractivity contribution is -0.127. The first-order chi connectivity index (χ1) is 11.2. The van der Waals surface area contributed by atoms with Crippen LogP contribution in [0.25, 0.3) is 0 Å². The van der Waals surface area contributed by atoms with Gasteiger partial charge in [-0.05, 0) is 32.1 Å². The smallest absolute Gasteiger partial charge is 0.242 e. The van der Waals surface area contributed by atoms with E-state index in [1.807, 2.05) is 13.8 Å². The first-order valence-corrected chi connectivity index (χ1v) is 8.71. The van der Waals surface area contributed by atoms with Gasteiger partial charge in [-0.2, -0.15) is 0 Å². The van der Waals surface area contributed by atoms with Gasteiger partial charge in [-0.25, -0.2) is 4.99 Å². The molecule has 0 aromatic carbocycles. The number of hydrogen-bond donors (Lipinski definition) is 2. The number of guanidine groups is 1. The van der Waals surface area contributed by atoms with Crippen LogP contribution in [-0.2, 0) is 9.59 Å². The first-order valence-electron chi connectivity index (χ1n) is 8.71. The molecule has 0 radical (unpaired) electrons. The third kappa shape index (κ3) is 9.27. The molecule has 1 fully saturated rings. The lowest BCUT2D eigenvalue weighted by Gasteiger charge is -2.37. The predicted octanol–water partition coefficient (Wildman–Crippen LogP) is 1.14. The Morgan fingerprint density at radius 2 is 1.76 bits per heavy atom. The van der Waals surface area contributed by atoms with Gasteiger partial charge in [0.2, 0.25) is 11.8 Å². The van der Waals surface area contributed by atoms with Crippen molar-refractivity contribution >= 4 is 41.8 Å². The highest BCUT2D eigenvalue weighted by Crippen LogP contribution is 2.20. The molecule has 1 rings (SSSR count). The topological polar surface area (TPSA) is 77.0 Å². The molecule has 1 saturated heterocycles. The standard InChI is InChI=1S/C17H33N5O2.HI/c1-12(2)20-15(23)8-18-17(19-9-16(24)21(5)6)22-10-13(3)7-14(4)11-22;/h12-14H,7-11H2,1-6H3,(H,18,19)(H,20,23);1H. The summed E-state index contributed by atoms with van der Waals surface area (Å²) in [5, 5.41) is 5.96. The molecule has 8 heteroatoms. The van der Waals surface area contributed by atoms with E-state index in [1.54, 1.807) is 14.1 Å². The van der Waals surface area contributed by atoms with E-state index in [1.165, 1.54) is 11.3 Å². The molecule has 25 heavy (non-hydrogen) atoms. The maximum absolute atomic E-state index is 11.9. The predicted molar refractivity (Wildman–Crippen MR) is 112 cm³/mol. The number of halogens is 1. The molecule has 2 atom stereocenters. The van der Waals surface area contributed by atoms with E-state index in [2.05, 4.69) is 34.4 Å². The quantitative estimate of drug-likeness (QED) is 0.361. The zero-order valence-electron chi connectivity index (χ0n) is 16.3. The Labute approximate surface area is 169 Å². The highest BCUT2D eigenvalue weighted by molar-refractivity contribution is 14.0. The number of aliphatic imine (C=N–C) groups is 1. The van der Waals surface area contributed by atoms with Crippen LogP contribution < -0.4 is 10.6 Å². The van der Waals surface area contributed by atoms with Crippen molar-refractivity contribution in [2.45, 2.75) is 40.2 Å². The molecule has 146 valence electrons. The maximum atomic E-state index is 11.9. The second kappa shape index (κ2) is 11.5. The van der Waals surface area contributed by atoms with Crippen LogP contribution in [-0.4, -0.2) is 73.9 Å². The summed E-state index contributed by atoms with van der Waals surface area (Å²) in [5.41, 5.74) is 0. The summed E-state index contributed by atoms with van der Waals surface area (Å²) in [5.74, 6) is 1.64. The minimum absolute atomic E-state index is 0. The van der Waals surface area contributed by atoms with E-state index in [9.17, 15) is 9.59 Å². The third-order valence-electron chi connectivity index (χ3n) is 3.89. The lowest BCUT2D eigenvalue weighted by Crippen LogP contribution is -2.50. The maximum Gasteiger partial charge on any atom is 0.242 e. The average Bonchev–Trinajstić information content (AvgIpc) is 2.44. The van der Waals surface area contributed by atoms with Crippen LogP contribution in [0.2, 0.25) is 0 Å². The first kappa shape index (κ1) is 23.9. The van der Waals surface area contributed by atoms with Crippen LogP contribution in [0.5, 0.6) is 0 Å². The normalized spacial score (nSPS) is 20.8. The fourth-order valence-corrected chi connectivity index (χ4v) is 2.93. The summed E-state index contributed by atoms with van der Waals surface area (Å²) >= 11 is 0. The van der Waals surface area contributed by atoms with E-state index in [4.69, 9.17) is 0 Å². The molecule has 2 unspecified atom stereocenters. The summed E-state index contributed by atoms with van der Waals surface area (Å²) in [4.78, 5) is 31.9. The van der Waals surface area contributed by atoms with Gasteiger partial charge in [-0.1, -0.05) is 13.8 Å². The second-order valence-electron chi connectivity index (χ2n) is 7.35. The van der Waals surface area contributed by atoms with E-state index in [0.29, 0.717) is 17.8 Å². The van der Waals surface area contributed by atoms with Crippen molar-refractivity contribution in [3.63, 3.8) is 0 Å². The lowest BCUT2D eigenvalue weighted by atomic mass is 9.92. The van der Waals surface area contributed by atoms with Crippen molar-refractivity contribution in [3.05, 3.63) is 0 Å². The Kier molecular flexibility index (Phi) is 11.0. The highest BCUT2D eigenvalue weighted by atomic mass is 127.